The molecule has 1 aromatic rings. The number of hydrogen-bond donors (Lipinski definition) is 0. The smallest absolute Gasteiger partial charge is 0.313 e. The van der Waals surface area contributed by atoms with E-state index in [1.54, 1.807) is 5.25 Å². The van der Waals surface area contributed by atoms with E-state index in [0.717, 1.165) is 0 Å². The molecule has 0 aromatic heterocycles. The Labute approximate surface area is 83.9 Å². The summed E-state index contributed by atoms with van der Waals surface area (Å²) in [6.45, 7) is 0. The van der Waals surface area contributed by atoms with E-state index in [-0.39, 0.29) is 18.9 Å². The van der Waals surface area contributed by atoms with Crippen molar-refractivity contribution >= 4 is 11.8 Å². The standard InChI is InChI=1S/C9H9S.Li/c1-2-4-8(5-3-1)10-9-6-7-9;/h1-5H,6-7H2;/q-1;+1. The molecule has 0 radical (unpaired) electrons. The van der Waals surface area contributed by atoms with Crippen LogP contribution in [0.25, 0.3) is 0 Å². The Balaban J connectivity index is 0.000000605. The van der Waals surface area contributed by atoms with E-state index in [9.17, 15) is 0 Å². The van der Waals surface area contributed by atoms with Crippen molar-refractivity contribution < 1.29 is 18.9 Å². The molecule has 2 rings (SSSR count). The summed E-state index contributed by atoms with van der Waals surface area (Å²) in [5.74, 6) is 0. The minimum Gasteiger partial charge on any atom is -0.313 e. The van der Waals surface area contributed by atoms with Gasteiger partial charge in [-0.3, -0.25) is 5.25 Å². The molecule has 1 aliphatic rings. The minimum atomic E-state index is 0. The van der Waals surface area contributed by atoms with Gasteiger partial charge in [0.15, 0.2) is 0 Å². The van der Waals surface area contributed by atoms with Crippen molar-refractivity contribution in [2.45, 2.75) is 17.7 Å². The average Bonchev–Trinajstić information content (AvgIpc) is 2.74. The molecule has 0 spiro atoms. The van der Waals surface area contributed by atoms with E-state index in [2.05, 4.69) is 30.3 Å². The number of benzene rings is 1. The van der Waals surface area contributed by atoms with Gasteiger partial charge >= 0.3 is 18.9 Å². The topological polar surface area (TPSA) is 0 Å². The molecule has 1 fully saturated rings. The van der Waals surface area contributed by atoms with Crippen LogP contribution in [0.1, 0.15) is 12.8 Å². The van der Waals surface area contributed by atoms with Crippen LogP contribution < -0.4 is 18.9 Å². The molecule has 1 aromatic carbocycles. The molecule has 52 valence electrons. The van der Waals surface area contributed by atoms with E-state index in [1.165, 1.54) is 17.7 Å². The normalized spacial score (nSPS) is 15.6. The molecule has 0 amide bonds. The predicted molar refractivity (Wildman–Crippen MR) is 44.8 cm³/mol. The second-order valence-electron chi connectivity index (χ2n) is 2.45. The molecule has 0 atom stereocenters. The summed E-state index contributed by atoms with van der Waals surface area (Å²) in [4.78, 5) is 1.38. The van der Waals surface area contributed by atoms with Gasteiger partial charge in [-0.1, -0.05) is 30.3 Å². The largest absolute Gasteiger partial charge is 1.00 e. The quantitative estimate of drug-likeness (QED) is 0.432. The molecule has 2 heteroatoms. The molecule has 0 heterocycles. The first-order chi connectivity index (χ1) is 4.95. The number of hydrogen-bond acceptors (Lipinski definition) is 1. The van der Waals surface area contributed by atoms with Gasteiger partial charge in [0.2, 0.25) is 0 Å². The third kappa shape index (κ3) is 2.95. The number of thioether (sulfide) groups is 1. The predicted octanol–water partition coefficient (Wildman–Crippen LogP) is 0.108. The fourth-order valence-corrected chi connectivity index (χ4v) is 1.74. The van der Waals surface area contributed by atoms with Gasteiger partial charge in [0.1, 0.15) is 0 Å². The van der Waals surface area contributed by atoms with E-state index in [0.29, 0.717) is 0 Å². The first-order valence-electron chi connectivity index (χ1n) is 3.53. The minimum absolute atomic E-state index is 0. The molecule has 0 saturated heterocycles. The van der Waals surface area contributed by atoms with Gasteiger partial charge in [0, 0.05) is 0 Å². The van der Waals surface area contributed by atoms with Gasteiger partial charge in [-0.2, -0.15) is 12.8 Å². The Morgan fingerprint density at radius 3 is 2.27 bits per heavy atom. The summed E-state index contributed by atoms with van der Waals surface area (Å²) in [6, 6.07) is 10.6. The van der Waals surface area contributed by atoms with Crippen LogP contribution in [-0.4, -0.2) is 0 Å². The molecule has 0 nitrogen and oxygen atoms in total. The molecule has 11 heavy (non-hydrogen) atoms. The van der Waals surface area contributed by atoms with Gasteiger partial charge in [0.25, 0.3) is 0 Å². The molecule has 0 aliphatic heterocycles. The summed E-state index contributed by atoms with van der Waals surface area (Å²) < 4.78 is 0. The molecule has 0 bridgehead atoms. The molecule has 0 N–H and O–H groups in total. The van der Waals surface area contributed by atoms with E-state index < -0.39 is 0 Å². The van der Waals surface area contributed by atoms with Crippen LogP contribution in [0.15, 0.2) is 35.2 Å². The van der Waals surface area contributed by atoms with Crippen LogP contribution in [0.4, 0.5) is 0 Å². The molecule has 1 aliphatic carbocycles. The Kier molecular flexibility index (Phi) is 3.58. The Morgan fingerprint density at radius 1 is 1.09 bits per heavy atom. The van der Waals surface area contributed by atoms with Crippen LogP contribution in [0.5, 0.6) is 0 Å². The first-order valence-corrected chi connectivity index (χ1v) is 4.34. The summed E-state index contributed by atoms with van der Waals surface area (Å²) in [5, 5.41) is 1.63. The van der Waals surface area contributed by atoms with Crippen molar-refractivity contribution in [3.8, 4) is 0 Å². The maximum absolute atomic E-state index is 2.16. The maximum atomic E-state index is 2.16. The molecular formula is C9H9LiS. The van der Waals surface area contributed by atoms with Crippen molar-refractivity contribution in [1.29, 1.82) is 0 Å². The van der Waals surface area contributed by atoms with Crippen LogP contribution in [0, 0.1) is 5.25 Å². The van der Waals surface area contributed by atoms with Crippen molar-refractivity contribution in [1.82, 2.24) is 0 Å². The molecule has 1 saturated carbocycles. The first kappa shape index (κ1) is 9.26. The molecular weight excluding hydrogens is 147 g/mol. The average molecular weight is 156 g/mol. The third-order valence-corrected chi connectivity index (χ3v) is 2.66. The maximum Gasteiger partial charge on any atom is 1.00 e. The van der Waals surface area contributed by atoms with Gasteiger partial charge in [0.05, 0.1) is 0 Å². The Morgan fingerprint density at radius 2 is 1.73 bits per heavy atom. The Hall–Kier alpha value is 0.167. The Bertz CT molecular complexity index is 206. The second kappa shape index (κ2) is 4.26. The van der Waals surface area contributed by atoms with Crippen molar-refractivity contribution in [3.05, 3.63) is 35.6 Å². The van der Waals surface area contributed by atoms with E-state index >= 15 is 0 Å². The number of rotatable bonds is 2. The van der Waals surface area contributed by atoms with E-state index in [4.69, 9.17) is 0 Å². The van der Waals surface area contributed by atoms with Crippen molar-refractivity contribution in [2.24, 2.45) is 0 Å². The van der Waals surface area contributed by atoms with Crippen LogP contribution in [0.3, 0.4) is 0 Å². The third-order valence-electron chi connectivity index (χ3n) is 1.46. The van der Waals surface area contributed by atoms with Crippen molar-refractivity contribution in [3.63, 3.8) is 0 Å². The van der Waals surface area contributed by atoms with Crippen LogP contribution in [0.2, 0.25) is 0 Å². The SMILES string of the molecule is [Li+].c1ccc(S[C-]2CC2)cc1. The van der Waals surface area contributed by atoms with Gasteiger partial charge in [-0.05, 0) is 4.90 Å². The van der Waals surface area contributed by atoms with Crippen LogP contribution >= 0.6 is 11.8 Å². The fraction of sp³-hybridized carbons (Fsp3) is 0.222. The van der Waals surface area contributed by atoms with E-state index in [1.807, 2.05) is 11.8 Å². The monoisotopic (exact) mass is 156 g/mol. The summed E-state index contributed by atoms with van der Waals surface area (Å²) in [5.41, 5.74) is 0. The van der Waals surface area contributed by atoms with Gasteiger partial charge in [-0.25, -0.2) is 0 Å². The fourth-order valence-electron chi connectivity index (χ4n) is 0.808. The van der Waals surface area contributed by atoms with Gasteiger partial charge in [-0.15, -0.1) is 0 Å². The summed E-state index contributed by atoms with van der Waals surface area (Å²) >= 11 is 1.93. The summed E-state index contributed by atoms with van der Waals surface area (Å²) in [6.07, 6.45) is 2.67. The van der Waals surface area contributed by atoms with Gasteiger partial charge < -0.3 is 11.8 Å². The zero-order valence-corrected chi connectivity index (χ0v) is 7.53. The molecule has 0 unspecified atom stereocenters. The zero-order chi connectivity index (χ0) is 6.81. The summed E-state index contributed by atoms with van der Waals surface area (Å²) in [7, 11) is 0. The van der Waals surface area contributed by atoms with Crippen molar-refractivity contribution in [2.75, 3.05) is 0 Å². The second-order valence-corrected chi connectivity index (χ2v) is 3.71. The zero-order valence-electron chi connectivity index (χ0n) is 6.71. The van der Waals surface area contributed by atoms with Crippen LogP contribution in [-0.2, 0) is 0 Å².